The van der Waals surface area contributed by atoms with Crippen molar-refractivity contribution in [1.82, 2.24) is 5.32 Å². The summed E-state index contributed by atoms with van der Waals surface area (Å²) in [6.07, 6.45) is 3.23. The fourth-order valence-electron chi connectivity index (χ4n) is 3.19. The number of amides is 1. The summed E-state index contributed by atoms with van der Waals surface area (Å²) < 4.78 is 29.9. The number of rotatable bonds is 6. The molecule has 0 heterocycles. The Hall–Kier alpha value is -2.86. The van der Waals surface area contributed by atoms with Crippen molar-refractivity contribution < 1.29 is 17.9 Å². The molecule has 1 aliphatic carbocycles. The topological polar surface area (TPSA) is 72.5 Å². The number of carbonyl (C=O) groups excluding carboxylic acids is 1. The number of sulfone groups is 1. The summed E-state index contributed by atoms with van der Waals surface area (Å²) in [7, 11) is -3.34. The van der Waals surface area contributed by atoms with Crippen molar-refractivity contribution in [3.05, 3.63) is 60.7 Å². The summed E-state index contributed by atoms with van der Waals surface area (Å²) in [6.45, 7) is -0.0758. The van der Waals surface area contributed by atoms with Gasteiger partial charge in [0.05, 0.1) is 4.90 Å². The number of hydrogen-bond donors (Lipinski definition) is 1. The van der Waals surface area contributed by atoms with E-state index in [1.807, 2.05) is 42.5 Å². The lowest BCUT2D eigenvalue weighted by molar-refractivity contribution is -0.123. The van der Waals surface area contributed by atoms with Gasteiger partial charge in [-0.25, -0.2) is 8.42 Å². The van der Waals surface area contributed by atoms with Crippen molar-refractivity contribution in [2.45, 2.75) is 23.8 Å². The minimum atomic E-state index is -3.34. The van der Waals surface area contributed by atoms with Gasteiger partial charge in [-0.1, -0.05) is 42.5 Å². The Morgan fingerprint density at radius 3 is 2.61 bits per heavy atom. The summed E-state index contributed by atoms with van der Waals surface area (Å²) >= 11 is 0. The second-order valence-electron chi connectivity index (χ2n) is 7.09. The van der Waals surface area contributed by atoms with Crippen LogP contribution >= 0.6 is 0 Å². The van der Waals surface area contributed by atoms with Crippen LogP contribution in [0.2, 0.25) is 0 Å². The summed E-state index contributed by atoms with van der Waals surface area (Å²) in [4.78, 5) is 12.3. The maximum atomic E-state index is 12.0. The fraction of sp³-hybridized carbons (Fsp3) is 0.227. The third kappa shape index (κ3) is 4.02. The average molecular weight is 395 g/mol. The van der Waals surface area contributed by atoms with Crippen LogP contribution in [0.15, 0.2) is 65.6 Å². The molecule has 1 amide bonds. The molecule has 0 aromatic heterocycles. The van der Waals surface area contributed by atoms with Crippen molar-refractivity contribution in [1.29, 1.82) is 0 Å². The number of hydrogen-bond acceptors (Lipinski definition) is 4. The van der Waals surface area contributed by atoms with Gasteiger partial charge in [-0.15, -0.1) is 0 Å². The van der Waals surface area contributed by atoms with E-state index in [1.54, 1.807) is 18.2 Å². The Morgan fingerprint density at radius 2 is 1.86 bits per heavy atom. The monoisotopic (exact) mass is 395 g/mol. The van der Waals surface area contributed by atoms with Crippen LogP contribution in [0.3, 0.4) is 0 Å². The SMILES string of the molecule is CS(=O)(=O)c1cccc(-c2c(OCC(=O)NC3CC3)ccc3ccccc23)c1. The zero-order chi connectivity index (χ0) is 19.7. The van der Waals surface area contributed by atoms with Gasteiger partial charge in [0.15, 0.2) is 16.4 Å². The van der Waals surface area contributed by atoms with E-state index in [9.17, 15) is 13.2 Å². The fourth-order valence-corrected chi connectivity index (χ4v) is 3.86. The Balaban J connectivity index is 1.77. The third-order valence-electron chi connectivity index (χ3n) is 4.74. The van der Waals surface area contributed by atoms with Crippen molar-refractivity contribution in [2.24, 2.45) is 0 Å². The molecule has 0 radical (unpaired) electrons. The smallest absolute Gasteiger partial charge is 0.258 e. The summed E-state index contributed by atoms with van der Waals surface area (Å²) in [5.74, 6) is 0.404. The summed E-state index contributed by atoms with van der Waals surface area (Å²) in [5.41, 5.74) is 1.51. The van der Waals surface area contributed by atoms with Gasteiger partial charge >= 0.3 is 0 Å². The van der Waals surface area contributed by atoms with E-state index in [4.69, 9.17) is 4.74 Å². The molecule has 0 spiro atoms. The molecule has 3 aromatic rings. The molecule has 28 heavy (non-hydrogen) atoms. The molecule has 0 atom stereocenters. The highest BCUT2D eigenvalue weighted by atomic mass is 32.2. The minimum absolute atomic E-state index is 0.0758. The number of ether oxygens (including phenoxy) is 1. The van der Waals surface area contributed by atoms with Crippen molar-refractivity contribution in [2.75, 3.05) is 12.9 Å². The van der Waals surface area contributed by atoms with Crippen LogP contribution in [0, 0.1) is 0 Å². The molecule has 6 heteroatoms. The van der Waals surface area contributed by atoms with E-state index < -0.39 is 9.84 Å². The van der Waals surface area contributed by atoms with Crippen LogP contribution in [-0.2, 0) is 14.6 Å². The molecule has 5 nitrogen and oxygen atoms in total. The van der Waals surface area contributed by atoms with Crippen LogP contribution in [0.4, 0.5) is 0 Å². The lowest BCUT2D eigenvalue weighted by Crippen LogP contribution is -2.30. The average Bonchev–Trinajstić information content (AvgIpc) is 3.49. The first-order valence-corrected chi connectivity index (χ1v) is 11.1. The Labute approximate surface area is 164 Å². The van der Waals surface area contributed by atoms with E-state index in [0.29, 0.717) is 5.75 Å². The highest BCUT2D eigenvalue weighted by Crippen LogP contribution is 2.38. The van der Waals surface area contributed by atoms with Crippen LogP contribution in [-0.4, -0.2) is 33.2 Å². The largest absolute Gasteiger partial charge is 0.483 e. The predicted molar refractivity (Wildman–Crippen MR) is 109 cm³/mol. The number of benzene rings is 3. The van der Waals surface area contributed by atoms with Gasteiger partial charge in [0, 0.05) is 17.9 Å². The van der Waals surface area contributed by atoms with Gasteiger partial charge in [0.25, 0.3) is 5.91 Å². The maximum Gasteiger partial charge on any atom is 0.258 e. The lowest BCUT2D eigenvalue weighted by Gasteiger charge is -2.15. The minimum Gasteiger partial charge on any atom is -0.483 e. The van der Waals surface area contributed by atoms with E-state index >= 15 is 0 Å². The van der Waals surface area contributed by atoms with Crippen LogP contribution in [0.5, 0.6) is 5.75 Å². The number of nitrogens with one attached hydrogen (secondary N) is 1. The Morgan fingerprint density at radius 1 is 1.07 bits per heavy atom. The number of fused-ring (bicyclic) bond motifs is 1. The van der Waals surface area contributed by atoms with Gasteiger partial charge < -0.3 is 10.1 Å². The van der Waals surface area contributed by atoms with Crippen molar-refractivity contribution in [3.8, 4) is 16.9 Å². The molecule has 1 saturated carbocycles. The normalized spacial score (nSPS) is 14.0. The van der Waals surface area contributed by atoms with Gasteiger partial charge in [-0.05, 0) is 47.4 Å². The van der Waals surface area contributed by atoms with E-state index in [2.05, 4.69) is 5.32 Å². The van der Waals surface area contributed by atoms with Crippen LogP contribution < -0.4 is 10.1 Å². The van der Waals surface area contributed by atoms with Gasteiger partial charge in [0.1, 0.15) is 5.75 Å². The molecule has 1 fully saturated rings. The highest BCUT2D eigenvalue weighted by Gasteiger charge is 2.23. The first-order valence-electron chi connectivity index (χ1n) is 9.16. The molecule has 0 aliphatic heterocycles. The first-order chi connectivity index (χ1) is 13.4. The third-order valence-corrected chi connectivity index (χ3v) is 5.85. The number of carbonyl (C=O) groups is 1. The van der Waals surface area contributed by atoms with E-state index in [-0.39, 0.29) is 23.5 Å². The lowest BCUT2D eigenvalue weighted by atomic mass is 9.97. The molecular weight excluding hydrogens is 374 g/mol. The maximum absolute atomic E-state index is 12.0. The highest BCUT2D eigenvalue weighted by molar-refractivity contribution is 7.90. The molecular formula is C22H21NO4S. The van der Waals surface area contributed by atoms with Gasteiger partial charge in [-0.3, -0.25) is 4.79 Å². The molecule has 4 rings (SSSR count). The molecule has 3 aromatic carbocycles. The zero-order valence-corrected chi connectivity index (χ0v) is 16.3. The Kier molecular flexibility index (Phi) is 4.81. The van der Waals surface area contributed by atoms with Gasteiger partial charge in [0.2, 0.25) is 0 Å². The molecule has 1 N–H and O–H groups in total. The Bertz CT molecular complexity index is 1150. The molecule has 144 valence electrons. The molecule has 1 aliphatic rings. The standard InChI is InChI=1S/C22H21NO4S/c1-28(25,26)18-7-4-6-16(13-18)22-19-8-3-2-5-15(19)9-12-20(22)27-14-21(24)23-17-10-11-17/h2-9,12-13,17H,10-11,14H2,1H3,(H,23,24). The zero-order valence-electron chi connectivity index (χ0n) is 15.5. The summed E-state index contributed by atoms with van der Waals surface area (Å²) in [6, 6.07) is 18.7. The van der Waals surface area contributed by atoms with Gasteiger partial charge in [-0.2, -0.15) is 0 Å². The molecule has 0 unspecified atom stereocenters. The quantitative estimate of drug-likeness (QED) is 0.693. The molecule has 0 bridgehead atoms. The summed E-state index contributed by atoms with van der Waals surface area (Å²) in [5, 5.41) is 4.86. The van der Waals surface area contributed by atoms with Crippen LogP contribution in [0.1, 0.15) is 12.8 Å². The van der Waals surface area contributed by atoms with Crippen LogP contribution in [0.25, 0.3) is 21.9 Å². The van der Waals surface area contributed by atoms with E-state index in [0.717, 1.165) is 34.7 Å². The van der Waals surface area contributed by atoms with Crippen molar-refractivity contribution >= 4 is 26.5 Å². The van der Waals surface area contributed by atoms with E-state index in [1.165, 1.54) is 6.26 Å². The first kappa shape index (κ1) is 18.5. The second-order valence-corrected chi connectivity index (χ2v) is 9.11. The second kappa shape index (κ2) is 7.28. The molecule has 0 saturated heterocycles. The van der Waals surface area contributed by atoms with Crippen molar-refractivity contribution in [3.63, 3.8) is 0 Å². The predicted octanol–water partition coefficient (Wildman–Crippen LogP) is 3.57.